The predicted octanol–water partition coefficient (Wildman–Crippen LogP) is 5.03. The Morgan fingerprint density at radius 1 is 0.903 bits per heavy atom. The van der Waals surface area contributed by atoms with Crippen LogP contribution >= 0.6 is 0 Å². The van der Waals surface area contributed by atoms with Gasteiger partial charge in [-0.1, -0.05) is 88.3 Å². The summed E-state index contributed by atoms with van der Waals surface area (Å²) in [5, 5.41) is 0. The number of rotatable bonds is 11. The number of hydrazine groups is 1. The van der Waals surface area contributed by atoms with Crippen molar-refractivity contribution in [1.29, 1.82) is 0 Å². The first-order valence-corrected chi connectivity index (χ1v) is 12.7. The maximum absolute atomic E-state index is 13.2. The van der Waals surface area contributed by atoms with Gasteiger partial charge in [0.15, 0.2) is 0 Å². The monoisotopic (exact) mass is 442 g/mol. The average Bonchev–Trinajstić information content (AvgIpc) is 2.78. The molecule has 0 saturated carbocycles. The van der Waals surface area contributed by atoms with Crippen LogP contribution in [0.3, 0.4) is 0 Å². The number of aliphatic imine (C=N–C) groups is 1. The van der Waals surface area contributed by atoms with E-state index >= 15 is 0 Å². The molecule has 0 atom stereocenters. The van der Waals surface area contributed by atoms with E-state index in [9.17, 15) is 8.42 Å². The molecule has 0 saturated heterocycles. The number of nitrogens with one attached hydrogen (secondary N) is 1. The maximum atomic E-state index is 13.2. The molecule has 3 rings (SSSR count). The summed E-state index contributed by atoms with van der Waals surface area (Å²) >= 11 is 0. The van der Waals surface area contributed by atoms with E-state index in [-0.39, 0.29) is 17.4 Å². The van der Waals surface area contributed by atoms with E-state index in [1.165, 1.54) is 49.3 Å². The largest absolute Gasteiger partial charge is 0.293 e. The van der Waals surface area contributed by atoms with Gasteiger partial charge in [0.25, 0.3) is 10.0 Å². The van der Waals surface area contributed by atoms with Gasteiger partial charge >= 0.3 is 0 Å². The lowest BCUT2D eigenvalue weighted by Gasteiger charge is -2.29. The van der Waals surface area contributed by atoms with Crippen LogP contribution in [0.15, 0.2) is 58.4 Å². The molecule has 0 aliphatic carbocycles. The van der Waals surface area contributed by atoms with Gasteiger partial charge < -0.3 is 0 Å². The highest BCUT2D eigenvalue weighted by atomic mass is 32.2. The number of fused-ring (bicyclic) bond motifs is 1. The second-order valence-electron chi connectivity index (χ2n) is 8.10. The minimum absolute atomic E-state index is 0.139. The van der Waals surface area contributed by atoms with Crippen molar-refractivity contribution >= 4 is 21.7 Å². The number of sulfonamides is 1. The number of hydrogen-bond acceptors (Lipinski definition) is 5. The summed E-state index contributed by atoms with van der Waals surface area (Å²) in [5.74, 6) is 5.77. The van der Waals surface area contributed by atoms with Gasteiger partial charge in [-0.05, 0) is 36.1 Å². The number of aryl methyl sites for hydroxylation is 1. The summed E-state index contributed by atoms with van der Waals surface area (Å²) in [6.07, 6.45) is 11.1. The van der Waals surface area contributed by atoms with E-state index in [1.807, 2.05) is 42.5 Å². The Balaban J connectivity index is 1.65. The Morgan fingerprint density at radius 2 is 1.58 bits per heavy atom. The molecule has 2 aromatic rings. The molecule has 7 heteroatoms. The molecule has 0 aromatic heterocycles. The minimum Gasteiger partial charge on any atom is -0.293 e. The lowest BCUT2D eigenvalue weighted by Crippen LogP contribution is -2.48. The molecule has 3 N–H and O–H groups in total. The van der Waals surface area contributed by atoms with Crippen LogP contribution in [0.4, 0.5) is 5.69 Å². The number of benzene rings is 2. The lowest BCUT2D eigenvalue weighted by atomic mass is 10.0. The fourth-order valence-electron chi connectivity index (χ4n) is 3.90. The van der Waals surface area contributed by atoms with Crippen LogP contribution in [0.5, 0.6) is 0 Å². The van der Waals surface area contributed by atoms with Crippen LogP contribution in [0.2, 0.25) is 0 Å². The van der Waals surface area contributed by atoms with E-state index in [2.05, 4.69) is 17.3 Å². The van der Waals surface area contributed by atoms with E-state index < -0.39 is 10.0 Å². The van der Waals surface area contributed by atoms with Crippen LogP contribution < -0.4 is 11.3 Å². The van der Waals surface area contributed by atoms with Crippen molar-refractivity contribution in [2.45, 2.75) is 76.2 Å². The Bertz CT molecular complexity index is 974. The number of guanidine groups is 1. The second kappa shape index (κ2) is 11.3. The highest BCUT2D eigenvalue weighted by Gasteiger charge is 2.34. The van der Waals surface area contributed by atoms with Gasteiger partial charge in [-0.2, -0.15) is 0 Å². The van der Waals surface area contributed by atoms with Crippen molar-refractivity contribution in [1.82, 2.24) is 9.73 Å². The molecule has 0 bridgehead atoms. The van der Waals surface area contributed by atoms with Gasteiger partial charge in [0, 0.05) is 0 Å². The van der Waals surface area contributed by atoms with Crippen LogP contribution in [-0.4, -0.2) is 18.7 Å². The number of nitrogens with two attached hydrogens (primary N) is 1. The Kier molecular flexibility index (Phi) is 8.49. The number of nitrogens with zero attached hydrogens (tertiary/aromatic N) is 2. The SMILES string of the molecule is CCCCCCCCCCc1ccc2c(c1)N=C(NN)N(Cc1ccccc1)S2(=O)=O. The Hall–Kier alpha value is -2.38. The van der Waals surface area contributed by atoms with Gasteiger partial charge in [-0.15, -0.1) is 0 Å². The van der Waals surface area contributed by atoms with E-state index in [0.29, 0.717) is 5.69 Å². The molecule has 1 aliphatic heterocycles. The first kappa shape index (κ1) is 23.3. The third-order valence-corrected chi connectivity index (χ3v) is 7.45. The Labute approximate surface area is 186 Å². The van der Waals surface area contributed by atoms with Crippen LogP contribution in [-0.2, 0) is 23.0 Å². The van der Waals surface area contributed by atoms with Crippen molar-refractivity contribution in [2.24, 2.45) is 10.8 Å². The van der Waals surface area contributed by atoms with Crippen molar-refractivity contribution in [3.05, 3.63) is 59.7 Å². The quantitative estimate of drug-likeness (QED) is 0.290. The number of hydrogen-bond donors (Lipinski definition) is 2. The lowest BCUT2D eigenvalue weighted by molar-refractivity contribution is 0.505. The van der Waals surface area contributed by atoms with E-state index in [4.69, 9.17) is 5.84 Å². The van der Waals surface area contributed by atoms with Crippen molar-refractivity contribution < 1.29 is 8.42 Å². The molecule has 0 fully saturated rings. The molecule has 1 heterocycles. The molecule has 168 valence electrons. The fraction of sp³-hybridized carbons (Fsp3) is 0.458. The summed E-state index contributed by atoms with van der Waals surface area (Å²) in [6.45, 7) is 2.41. The van der Waals surface area contributed by atoms with Gasteiger partial charge in [0.1, 0.15) is 4.90 Å². The Morgan fingerprint density at radius 3 is 2.26 bits per heavy atom. The summed E-state index contributed by atoms with van der Waals surface area (Å²) in [7, 11) is -3.74. The number of unbranched alkanes of at least 4 members (excludes halogenated alkanes) is 7. The predicted molar refractivity (Wildman–Crippen MR) is 126 cm³/mol. The molecule has 0 radical (unpaired) electrons. The first-order chi connectivity index (χ1) is 15.1. The van der Waals surface area contributed by atoms with Gasteiger partial charge in [0.05, 0.1) is 12.2 Å². The maximum Gasteiger partial charge on any atom is 0.269 e. The summed E-state index contributed by atoms with van der Waals surface area (Å²) in [5.41, 5.74) is 4.89. The second-order valence-corrected chi connectivity index (χ2v) is 9.93. The zero-order chi connectivity index (χ0) is 22.1. The fourth-order valence-corrected chi connectivity index (χ4v) is 5.39. The average molecular weight is 443 g/mol. The normalized spacial score (nSPS) is 14.8. The molecule has 0 unspecified atom stereocenters. The zero-order valence-electron chi connectivity index (χ0n) is 18.4. The molecule has 31 heavy (non-hydrogen) atoms. The standard InChI is InChI=1S/C24H34N4O2S/c1-2-3-4-5-6-7-8-10-13-20-16-17-23-22(18-20)26-24(27-25)28(31(23,29)30)19-21-14-11-9-12-15-21/h9,11-12,14-18H,2-8,10,13,19,25H2,1H3,(H,26,27). The minimum atomic E-state index is -3.74. The molecule has 0 spiro atoms. The van der Waals surface area contributed by atoms with Crippen molar-refractivity contribution in [3.8, 4) is 0 Å². The third-order valence-electron chi connectivity index (χ3n) is 5.67. The molecule has 1 aliphatic rings. The van der Waals surface area contributed by atoms with Crippen molar-refractivity contribution in [3.63, 3.8) is 0 Å². The first-order valence-electron chi connectivity index (χ1n) is 11.3. The van der Waals surface area contributed by atoms with Gasteiger partial charge in [-0.25, -0.2) is 23.6 Å². The smallest absolute Gasteiger partial charge is 0.269 e. The van der Waals surface area contributed by atoms with Crippen LogP contribution in [0.1, 0.15) is 69.4 Å². The summed E-state index contributed by atoms with van der Waals surface area (Å²) < 4.78 is 27.7. The van der Waals surface area contributed by atoms with E-state index in [0.717, 1.165) is 24.0 Å². The molecule has 2 aromatic carbocycles. The highest BCUT2D eigenvalue weighted by molar-refractivity contribution is 7.89. The molecular formula is C24H34N4O2S. The molecule has 6 nitrogen and oxygen atoms in total. The molecular weight excluding hydrogens is 408 g/mol. The molecule has 0 amide bonds. The van der Waals surface area contributed by atoms with Crippen LogP contribution in [0, 0.1) is 0 Å². The van der Waals surface area contributed by atoms with Crippen LogP contribution in [0.25, 0.3) is 0 Å². The van der Waals surface area contributed by atoms with E-state index in [1.54, 1.807) is 6.07 Å². The zero-order valence-corrected chi connectivity index (χ0v) is 19.2. The van der Waals surface area contributed by atoms with Gasteiger partial charge in [-0.3, -0.25) is 5.43 Å². The third kappa shape index (κ3) is 6.08. The summed E-state index contributed by atoms with van der Waals surface area (Å²) in [4.78, 5) is 4.74. The summed E-state index contributed by atoms with van der Waals surface area (Å²) in [6, 6.07) is 14.9. The van der Waals surface area contributed by atoms with Gasteiger partial charge in [0.2, 0.25) is 5.96 Å². The highest BCUT2D eigenvalue weighted by Crippen LogP contribution is 2.34. The van der Waals surface area contributed by atoms with Crippen molar-refractivity contribution in [2.75, 3.05) is 0 Å². The topological polar surface area (TPSA) is 87.8 Å².